The Balaban J connectivity index is 2.02. The van der Waals surface area contributed by atoms with Crippen LogP contribution in [-0.4, -0.2) is 24.3 Å². The zero-order chi connectivity index (χ0) is 13.9. The summed E-state index contributed by atoms with van der Waals surface area (Å²) in [6, 6.07) is 8.32. The molecule has 0 bridgehead atoms. The van der Waals surface area contributed by atoms with E-state index in [1.165, 1.54) is 49.2 Å². The van der Waals surface area contributed by atoms with Gasteiger partial charge in [0.2, 0.25) is 0 Å². The molecule has 1 aromatic carbocycles. The van der Waals surface area contributed by atoms with Crippen LogP contribution in [-0.2, 0) is 0 Å². The Bertz CT molecular complexity index is 321. The van der Waals surface area contributed by atoms with Crippen LogP contribution in [0.1, 0.15) is 58.8 Å². The van der Waals surface area contributed by atoms with Crippen molar-refractivity contribution in [2.45, 2.75) is 58.8 Å². The minimum atomic E-state index is 0.846. The normalized spacial score (nSPS) is 12.4. The van der Waals surface area contributed by atoms with E-state index in [4.69, 9.17) is 4.74 Å². The Morgan fingerprint density at radius 2 is 1.68 bits per heavy atom. The SMILES string of the molecule is [Li][c]1ccc(OCCC[C@@H](C)CCCCCC)cc1. The van der Waals surface area contributed by atoms with Crippen molar-refractivity contribution in [1.82, 2.24) is 0 Å². The second-order valence-corrected chi connectivity index (χ2v) is 5.76. The molecule has 0 radical (unpaired) electrons. The molecule has 0 saturated carbocycles. The van der Waals surface area contributed by atoms with E-state index < -0.39 is 0 Å². The summed E-state index contributed by atoms with van der Waals surface area (Å²) in [4.78, 5) is 0. The van der Waals surface area contributed by atoms with E-state index in [0.717, 1.165) is 18.3 Å². The molecule has 0 aromatic heterocycles. The zero-order valence-electron chi connectivity index (χ0n) is 13.0. The molecule has 0 heterocycles. The third-order valence-electron chi connectivity index (χ3n) is 3.68. The first-order valence-electron chi connectivity index (χ1n) is 7.92. The number of benzene rings is 1. The van der Waals surface area contributed by atoms with Crippen LogP contribution in [0.4, 0.5) is 0 Å². The maximum atomic E-state index is 5.75. The number of hydrogen-bond donors (Lipinski definition) is 0. The van der Waals surface area contributed by atoms with Crippen LogP contribution in [0.3, 0.4) is 0 Å². The van der Waals surface area contributed by atoms with Gasteiger partial charge in [0, 0.05) is 0 Å². The van der Waals surface area contributed by atoms with Crippen molar-refractivity contribution in [3.63, 3.8) is 0 Å². The predicted octanol–water partition coefficient (Wildman–Crippen LogP) is 4.25. The molecule has 0 amide bonds. The summed E-state index contributed by atoms with van der Waals surface area (Å²) < 4.78 is 7.04. The van der Waals surface area contributed by atoms with Gasteiger partial charge in [-0.15, -0.1) is 0 Å². The Labute approximate surface area is 128 Å². The fraction of sp³-hybridized carbons (Fsp3) is 0.647. The molecular weight excluding hydrogens is 227 g/mol. The molecule has 1 atom stereocenters. The van der Waals surface area contributed by atoms with Crippen molar-refractivity contribution >= 4 is 22.0 Å². The fourth-order valence-electron chi connectivity index (χ4n) is 2.32. The van der Waals surface area contributed by atoms with Crippen LogP contribution in [0.15, 0.2) is 24.3 Å². The van der Waals surface area contributed by atoms with Crippen molar-refractivity contribution in [2.75, 3.05) is 6.61 Å². The second kappa shape index (κ2) is 10.4. The third-order valence-corrected chi connectivity index (χ3v) is 3.68. The molecule has 19 heavy (non-hydrogen) atoms. The summed E-state index contributed by atoms with van der Waals surface area (Å²) in [6.07, 6.45) is 9.36. The molecule has 1 rings (SSSR count). The standard InChI is InChI=1S/C17H27O.Li/c1-3-4-5-7-11-16(2)12-10-15-18-17-13-8-6-9-14-17;/h8-9,13-14,16H,3-5,7,10-12,15H2,1-2H3;/t16-;/m0./s1. The van der Waals surface area contributed by atoms with Gasteiger partial charge in [-0.25, -0.2) is 0 Å². The first kappa shape index (κ1) is 16.7. The van der Waals surface area contributed by atoms with E-state index in [2.05, 4.69) is 55.8 Å². The summed E-state index contributed by atoms with van der Waals surface area (Å²) in [5, 5.41) is 0. The van der Waals surface area contributed by atoms with E-state index >= 15 is 0 Å². The summed E-state index contributed by atoms with van der Waals surface area (Å²) in [5.41, 5.74) is 0. The summed E-state index contributed by atoms with van der Waals surface area (Å²) >= 11 is 2.10. The molecule has 0 spiro atoms. The Kier molecular flexibility index (Phi) is 9.13. The summed E-state index contributed by atoms with van der Waals surface area (Å²) in [5.74, 6) is 1.85. The van der Waals surface area contributed by atoms with E-state index in [9.17, 15) is 0 Å². The van der Waals surface area contributed by atoms with Gasteiger partial charge in [0.25, 0.3) is 0 Å². The molecule has 0 aliphatic rings. The van der Waals surface area contributed by atoms with E-state index in [1.807, 2.05) is 0 Å². The topological polar surface area (TPSA) is 9.23 Å². The molecule has 0 aliphatic heterocycles. The molecule has 0 unspecified atom stereocenters. The molecule has 0 N–H and O–H groups in total. The summed E-state index contributed by atoms with van der Waals surface area (Å²) in [7, 11) is 0. The molecule has 0 fully saturated rings. The molecule has 102 valence electrons. The van der Waals surface area contributed by atoms with Gasteiger partial charge in [-0.05, 0) is 0 Å². The van der Waals surface area contributed by atoms with Crippen LogP contribution in [0, 0.1) is 5.92 Å². The van der Waals surface area contributed by atoms with Gasteiger partial charge >= 0.3 is 108 Å². The number of unbranched alkanes of at least 4 members (excludes halogenated alkanes) is 3. The average Bonchev–Trinajstić information content (AvgIpc) is 2.42. The second-order valence-electron chi connectivity index (χ2n) is 5.76. The van der Waals surface area contributed by atoms with E-state index in [-0.39, 0.29) is 0 Å². The average molecular weight is 254 g/mol. The Morgan fingerprint density at radius 3 is 2.37 bits per heavy atom. The Morgan fingerprint density at radius 1 is 1.00 bits per heavy atom. The van der Waals surface area contributed by atoms with Gasteiger partial charge in [0.1, 0.15) is 0 Å². The number of hydrogen-bond acceptors (Lipinski definition) is 1. The van der Waals surface area contributed by atoms with Crippen LogP contribution >= 0.6 is 0 Å². The van der Waals surface area contributed by atoms with Crippen molar-refractivity contribution < 1.29 is 4.74 Å². The molecule has 1 nitrogen and oxygen atoms in total. The molecule has 2 heteroatoms. The van der Waals surface area contributed by atoms with Crippen molar-refractivity contribution in [3.8, 4) is 5.75 Å². The van der Waals surface area contributed by atoms with Gasteiger partial charge < -0.3 is 0 Å². The van der Waals surface area contributed by atoms with Crippen LogP contribution in [0.25, 0.3) is 0 Å². The van der Waals surface area contributed by atoms with Crippen molar-refractivity contribution in [3.05, 3.63) is 24.3 Å². The monoisotopic (exact) mass is 254 g/mol. The molecule has 0 saturated heterocycles. The minimum absolute atomic E-state index is 0.846. The quantitative estimate of drug-likeness (QED) is 0.448. The van der Waals surface area contributed by atoms with Crippen LogP contribution < -0.4 is 8.97 Å². The summed E-state index contributed by atoms with van der Waals surface area (Å²) in [6.45, 7) is 5.49. The molecular formula is C17H27LiO. The van der Waals surface area contributed by atoms with E-state index in [0.29, 0.717) is 0 Å². The fourth-order valence-corrected chi connectivity index (χ4v) is 2.32. The zero-order valence-corrected chi connectivity index (χ0v) is 13.0. The van der Waals surface area contributed by atoms with Crippen LogP contribution in [0.5, 0.6) is 5.75 Å². The van der Waals surface area contributed by atoms with E-state index in [1.54, 1.807) is 0 Å². The van der Waals surface area contributed by atoms with Crippen LogP contribution in [0.2, 0.25) is 0 Å². The van der Waals surface area contributed by atoms with Gasteiger partial charge in [-0.3, -0.25) is 0 Å². The first-order chi connectivity index (χ1) is 9.22. The predicted molar refractivity (Wildman–Crippen MR) is 84.5 cm³/mol. The van der Waals surface area contributed by atoms with Crippen molar-refractivity contribution in [1.29, 1.82) is 0 Å². The molecule has 0 aliphatic carbocycles. The van der Waals surface area contributed by atoms with Crippen molar-refractivity contribution in [2.24, 2.45) is 5.92 Å². The maximum absolute atomic E-state index is 5.75. The van der Waals surface area contributed by atoms with Gasteiger partial charge in [0.15, 0.2) is 0 Å². The number of rotatable bonds is 10. The van der Waals surface area contributed by atoms with Gasteiger partial charge in [0.05, 0.1) is 0 Å². The number of ether oxygens (including phenoxy) is 1. The third kappa shape index (κ3) is 8.40. The van der Waals surface area contributed by atoms with Gasteiger partial charge in [-0.2, -0.15) is 0 Å². The first-order valence-corrected chi connectivity index (χ1v) is 7.92. The molecule has 1 aromatic rings. The van der Waals surface area contributed by atoms with Gasteiger partial charge in [-0.1, -0.05) is 19.8 Å². The Hall–Kier alpha value is -0.383.